The van der Waals surface area contributed by atoms with Gasteiger partial charge >= 0.3 is 5.69 Å². The van der Waals surface area contributed by atoms with Crippen LogP contribution in [0.25, 0.3) is 16.6 Å². The summed E-state index contributed by atoms with van der Waals surface area (Å²) in [6.45, 7) is 1.89. The number of hydrogen-bond donors (Lipinski definition) is 1. The van der Waals surface area contributed by atoms with Crippen molar-refractivity contribution in [1.29, 1.82) is 0 Å². The number of nitrogens with one attached hydrogen (secondary N) is 1. The highest BCUT2D eigenvalue weighted by Gasteiger charge is 2.18. The van der Waals surface area contributed by atoms with Crippen molar-refractivity contribution < 1.29 is 4.79 Å². The lowest BCUT2D eigenvalue weighted by atomic mass is 9.95. The molecule has 130 valence electrons. The minimum absolute atomic E-state index is 0.0369. The Bertz CT molecular complexity index is 996. The third-order valence-electron chi connectivity index (χ3n) is 5.01. The molecule has 1 amide bonds. The zero-order chi connectivity index (χ0) is 17.4. The first-order chi connectivity index (χ1) is 12.1. The minimum atomic E-state index is -0.270. The van der Waals surface area contributed by atoms with Gasteiger partial charge in [-0.2, -0.15) is 0 Å². The number of para-hydroxylation sites is 1. The molecule has 2 heterocycles. The van der Waals surface area contributed by atoms with E-state index >= 15 is 0 Å². The monoisotopic (exact) mass is 338 g/mol. The van der Waals surface area contributed by atoms with Crippen LogP contribution in [0.15, 0.2) is 35.1 Å². The molecule has 25 heavy (non-hydrogen) atoms. The Labute approximate surface area is 145 Å². The first-order valence-corrected chi connectivity index (χ1v) is 8.91. The quantitative estimate of drug-likeness (QED) is 0.797. The normalized spacial score (nSPS) is 15.7. The van der Waals surface area contributed by atoms with Gasteiger partial charge in [-0.1, -0.05) is 37.5 Å². The molecule has 1 fully saturated rings. The lowest BCUT2D eigenvalue weighted by Gasteiger charge is -2.22. The Morgan fingerprint density at radius 1 is 1.24 bits per heavy atom. The van der Waals surface area contributed by atoms with Gasteiger partial charge in [-0.05, 0) is 42.8 Å². The molecule has 6 nitrogen and oxygen atoms in total. The second-order valence-corrected chi connectivity index (χ2v) is 6.89. The molecule has 0 radical (unpaired) electrons. The summed E-state index contributed by atoms with van der Waals surface area (Å²) >= 11 is 0. The summed E-state index contributed by atoms with van der Waals surface area (Å²) in [6, 6.07) is 9.97. The maximum absolute atomic E-state index is 12.8. The highest BCUT2D eigenvalue weighted by molar-refractivity contribution is 5.83. The molecule has 0 spiro atoms. The maximum Gasteiger partial charge on any atom is 0.351 e. The molecule has 3 aromatic rings. The van der Waals surface area contributed by atoms with Crippen LogP contribution in [-0.4, -0.2) is 26.1 Å². The predicted octanol–water partition coefficient (Wildman–Crippen LogP) is 2.41. The zero-order valence-electron chi connectivity index (χ0n) is 14.4. The van der Waals surface area contributed by atoms with Crippen molar-refractivity contribution in [3.8, 4) is 0 Å². The fourth-order valence-corrected chi connectivity index (χ4v) is 3.75. The van der Waals surface area contributed by atoms with Crippen LogP contribution in [0.2, 0.25) is 0 Å². The second kappa shape index (κ2) is 6.35. The molecule has 0 bridgehead atoms. The number of amides is 1. The van der Waals surface area contributed by atoms with Crippen LogP contribution in [0, 0.1) is 6.92 Å². The number of benzene rings is 1. The van der Waals surface area contributed by atoms with Gasteiger partial charge in [0.2, 0.25) is 5.91 Å². The standard InChI is InChI=1S/C19H22N4O2/c1-13-11-14-7-5-6-10-16(14)23-18(13)21-22(19(23)25)12-17(24)20-15-8-3-2-4-9-15/h5-7,10-11,15H,2-4,8-9,12H2,1H3,(H,20,24). The summed E-state index contributed by atoms with van der Waals surface area (Å²) in [7, 11) is 0. The van der Waals surface area contributed by atoms with Gasteiger partial charge in [0.25, 0.3) is 0 Å². The van der Waals surface area contributed by atoms with E-state index < -0.39 is 0 Å². The average molecular weight is 338 g/mol. The molecule has 4 rings (SSSR count). The van der Waals surface area contributed by atoms with Crippen molar-refractivity contribution >= 4 is 22.5 Å². The van der Waals surface area contributed by atoms with E-state index in [1.807, 2.05) is 37.3 Å². The van der Waals surface area contributed by atoms with Gasteiger partial charge in [0, 0.05) is 6.04 Å². The molecule has 1 aliphatic carbocycles. The SMILES string of the molecule is Cc1cc2ccccc2n2c(=O)n(CC(=O)NC3CCCCC3)nc12. The topological polar surface area (TPSA) is 68.4 Å². The summed E-state index contributed by atoms with van der Waals surface area (Å²) in [5, 5.41) is 8.43. The second-order valence-electron chi connectivity index (χ2n) is 6.89. The summed E-state index contributed by atoms with van der Waals surface area (Å²) in [5.41, 5.74) is 2.07. The minimum Gasteiger partial charge on any atom is -0.352 e. The number of rotatable bonds is 3. The van der Waals surface area contributed by atoms with Crippen LogP contribution in [0.1, 0.15) is 37.7 Å². The van der Waals surface area contributed by atoms with Crippen molar-refractivity contribution in [3.63, 3.8) is 0 Å². The molecule has 0 atom stereocenters. The van der Waals surface area contributed by atoms with Crippen LogP contribution in [0.3, 0.4) is 0 Å². The molecule has 1 saturated carbocycles. The smallest absolute Gasteiger partial charge is 0.351 e. The number of hydrogen-bond acceptors (Lipinski definition) is 3. The number of pyridine rings is 1. The van der Waals surface area contributed by atoms with E-state index in [-0.39, 0.29) is 24.2 Å². The van der Waals surface area contributed by atoms with Gasteiger partial charge in [-0.25, -0.2) is 13.9 Å². The molecular formula is C19H22N4O2. The van der Waals surface area contributed by atoms with Gasteiger partial charge in [-0.3, -0.25) is 4.79 Å². The molecular weight excluding hydrogens is 316 g/mol. The largest absolute Gasteiger partial charge is 0.352 e. The van der Waals surface area contributed by atoms with E-state index in [1.54, 1.807) is 4.40 Å². The lowest BCUT2D eigenvalue weighted by molar-refractivity contribution is -0.122. The molecule has 1 aromatic carbocycles. The average Bonchev–Trinajstić information content (AvgIpc) is 2.93. The Balaban J connectivity index is 1.67. The summed E-state index contributed by atoms with van der Waals surface area (Å²) in [6.07, 6.45) is 5.60. The van der Waals surface area contributed by atoms with Gasteiger partial charge in [-0.15, -0.1) is 5.10 Å². The zero-order valence-corrected chi connectivity index (χ0v) is 14.4. The molecule has 2 aromatic heterocycles. The highest BCUT2D eigenvalue weighted by Crippen LogP contribution is 2.18. The van der Waals surface area contributed by atoms with Crippen LogP contribution in [0.5, 0.6) is 0 Å². The van der Waals surface area contributed by atoms with Crippen molar-refractivity contribution in [2.75, 3.05) is 0 Å². The fourth-order valence-electron chi connectivity index (χ4n) is 3.75. The summed E-state index contributed by atoms with van der Waals surface area (Å²) in [5.74, 6) is -0.139. The third-order valence-corrected chi connectivity index (χ3v) is 5.01. The highest BCUT2D eigenvalue weighted by atomic mass is 16.2. The van der Waals surface area contributed by atoms with Crippen molar-refractivity contribution in [2.24, 2.45) is 0 Å². The predicted molar refractivity (Wildman–Crippen MR) is 96.7 cm³/mol. The van der Waals surface area contributed by atoms with Crippen molar-refractivity contribution in [1.82, 2.24) is 19.5 Å². The van der Waals surface area contributed by atoms with E-state index in [9.17, 15) is 9.59 Å². The number of aryl methyl sites for hydroxylation is 1. The number of nitrogens with zero attached hydrogens (tertiary/aromatic N) is 3. The Morgan fingerprint density at radius 2 is 2.00 bits per heavy atom. The summed E-state index contributed by atoms with van der Waals surface area (Å²) < 4.78 is 2.87. The third kappa shape index (κ3) is 2.92. The van der Waals surface area contributed by atoms with E-state index in [0.717, 1.165) is 42.1 Å². The lowest BCUT2D eigenvalue weighted by Crippen LogP contribution is -2.40. The molecule has 6 heteroatoms. The van der Waals surface area contributed by atoms with E-state index in [0.29, 0.717) is 5.65 Å². The van der Waals surface area contributed by atoms with Gasteiger partial charge in [0.1, 0.15) is 6.54 Å². The van der Waals surface area contributed by atoms with E-state index in [2.05, 4.69) is 10.4 Å². The Kier molecular flexibility index (Phi) is 4.03. The molecule has 1 aliphatic rings. The first-order valence-electron chi connectivity index (χ1n) is 8.91. The number of fused-ring (bicyclic) bond motifs is 3. The fraction of sp³-hybridized carbons (Fsp3) is 0.421. The van der Waals surface area contributed by atoms with E-state index in [4.69, 9.17) is 0 Å². The molecule has 0 aliphatic heterocycles. The van der Waals surface area contributed by atoms with Gasteiger partial charge in [0.05, 0.1) is 5.52 Å². The molecule has 0 saturated heterocycles. The van der Waals surface area contributed by atoms with Crippen LogP contribution < -0.4 is 11.0 Å². The van der Waals surface area contributed by atoms with Crippen LogP contribution >= 0.6 is 0 Å². The van der Waals surface area contributed by atoms with Crippen LogP contribution in [-0.2, 0) is 11.3 Å². The Hall–Kier alpha value is -2.63. The van der Waals surface area contributed by atoms with Crippen molar-refractivity contribution in [3.05, 3.63) is 46.4 Å². The van der Waals surface area contributed by atoms with E-state index in [1.165, 1.54) is 11.1 Å². The van der Waals surface area contributed by atoms with Gasteiger partial charge < -0.3 is 5.32 Å². The van der Waals surface area contributed by atoms with Crippen molar-refractivity contribution in [2.45, 2.75) is 51.6 Å². The number of aromatic nitrogens is 3. The van der Waals surface area contributed by atoms with Gasteiger partial charge in [0.15, 0.2) is 5.65 Å². The summed E-state index contributed by atoms with van der Waals surface area (Å²) in [4.78, 5) is 25.1. The maximum atomic E-state index is 12.8. The first kappa shape index (κ1) is 15.9. The molecule has 0 unspecified atom stereocenters. The number of carbonyl (C=O) groups is 1. The number of carbonyl (C=O) groups excluding carboxylic acids is 1. The Morgan fingerprint density at radius 3 is 2.80 bits per heavy atom. The molecule has 1 N–H and O–H groups in total. The van der Waals surface area contributed by atoms with Crippen LogP contribution in [0.4, 0.5) is 0 Å².